The molecule has 1 aliphatic rings. The van der Waals surface area contributed by atoms with Crippen LogP contribution in [-0.2, 0) is 22.5 Å². The topological polar surface area (TPSA) is 66.0 Å². The molecule has 2 heterocycles. The first-order chi connectivity index (χ1) is 12.7. The number of unbranched alkanes of at least 4 members (excludes halogenated alkanes) is 1. The summed E-state index contributed by atoms with van der Waals surface area (Å²) in [5.41, 5.74) is 1.28. The van der Waals surface area contributed by atoms with E-state index in [1.54, 1.807) is 11.3 Å². The molecule has 0 aromatic carbocycles. The third kappa shape index (κ3) is 6.96. The van der Waals surface area contributed by atoms with Crippen LogP contribution in [0, 0.1) is 0 Å². The zero-order chi connectivity index (χ0) is 18.6. The lowest BCUT2D eigenvalue weighted by Crippen LogP contribution is -2.40. The van der Waals surface area contributed by atoms with Crippen molar-refractivity contribution < 1.29 is 9.53 Å². The van der Waals surface area contributed by atoms with Crippen LogP contribution in [0.15, 0.2) is 16.4 Å². The summed E-state index contributed by atoms with van der Waals surface area (Å²) in [6.45, 7) is 9.02. The fourth-order valence-corrected chi connectivity index (χ4v) is 3.67. The van der Waals surface area contributed by atoms with Crippen LogP contribution in [0.1, 0.15) is 43.6 Å². The number of nitrogens with one attached hydrogen (secondary N) is 2. The van der Waals surface area contributed by atoms with Crippen LogP contribution in [0.5, 0.6) is 0 Å². The van der Waals surface area contributed by atoms with E-state index < -0.39 is 0 Å². The van der Waals surface area contributed by atoms with Crippen LogP contribution in [0.2, 0.25) is 0 Å². The maximum atomic E-state index is 12.5. The lowest BCUT2D eigenvalue weighted by molar-refractivity contribution is -0.130. The van der Waals surface area contributed by atoms with Crippen LogP contribution in [0.25, 0.3) is 0 Å². The molecule has 146 valence electrons. The van der Waals surface area contributed by atoms with Gasteiger partial charge in [0.05, 0.1) is 0 Å². The van der Waals surface area contributed by atoms with Gasteiger partial charge in [-0.1, -0.05) is 13.3 Å². The molecule has 2 rings (SSSR count). The Labute approximate surface area is 161 Å². The van der Waals surface area contributed by atoms with Crippen LogP contribution < -0.4 is 10.6 Å². The SMILES string of the molecule is CCCCOCCCNC(=NCC(=O)N1CCc2sccc2C1)NCC. The Morgan fingerprint density at radius 2 is 2.15 bits per heavy atom. The van der Waals surface area contributed by atoms with Gasteiger partial charge in [0.15, 0.2) is 5.96 Å². The van der Waals surface area contributed by atoms with Gasteiger partial charge in [-0.25, -0.2) is 4.99 Å². The van der Waals surface area contributed by atoms with Gasteiger partial charge in [-0.2, -0.15) is 0 Å². The van der Waals surface area contributed by atoms with Crippen molar-refractivity contribution in [1.82, 2.24) is 15.5 Å². The van der Waals surface area contributed by atoms with Crippen LogP contribution in [0.4, 0.5) is 0 Å². The summed E-state index contributed by atoms with van der Waals surface area (Å²) in [6.07, 6.45) is 4.16. The quantitative estimate of drug-likeness (QED) is 0.372. The molecule has 0 unspecified atom stereocenters. The molecule has 0 bridgehead atoms. The second kappa shape index (κ2) is 11.9. The largest absolute Gasteiger partial charge is 0.381 e. The minimum Gasteiger partial charge on any atom is -0.381 e. The molecule has 0 aliphatic carbocycles. The van der Waals surface area contributed by atoms with Crippen molar-refractivity contribution in [3.63, 3.8) is 0 Å². The zero-order valence-corrected chi connectivity index (χ0v) is 16.9. The smallest absolute Gasteiger partial charge is 0.244 e. The number of amides is 1. The monoisotopic (exact) mass is 380 g/mol. The predicted octanol–water partition coefficient (Wildman–Crippen LogP) is 2.39. The predicted molar refractivity (Wildman–Crippen MR) is 108 cm³/mol. The van der Waals surface area contributed by atoms with Gasteiger partial charge < -0.3 is 20.3 Å². The zero-order valence-electron chi connectivity index (χ0n) is 16.1. The number of carbonyl (C=O) groups excluding carboxylic acids is 1. The van der Waals surface area contributed by atoms with Gasteiger partial charge in [0.25, 0.3) is 0 Å². The fourth-order valence-electron chi connectivity index (χ4n) is 2.78. The Hall–Kier alpha value is -1.60. The Bertz CT molecular complexity index is 574. The molecule has 26 heavy (non-hydrogen) atoms. The third-order valence-corrected chi connectivity index (χ3v) is 5.30. The molecule has 0 fully saturated rings. The first-order valence-electron chi connectivity index (χ1n) is 9.67. The van der Waals surface area contributed by atoms with Crippen molar-refractivity contribution >= 4 is 23.2 Å². The van der Waals surface area contributed by atoms with Crippen molar-refractivity contribution in [1.29, 1.82) is 0 Å². The van der Waals surface area contributed by atoms with Gasteiger partial charge in [-0.15, -0.1) is 11.3 Å². The first-order valence-corrected chi connectivity index (χ1v) is 10.6. The summed E-state index contributed by atoms with van der Waals surface area (Å²) in [5.74, 6) is 0.782. The summed E-state index contributed by atoms with van der Waals surface area (Å²) in [6, 6.07) is 2.12. The van der Waals surface area contributed by atoms with E-state index in [0.29, 0.717) is 12.5 Å². The van der Waals surface area contributed by atoms with Crippen LogP contribution in [-0.4, -0.2) is 56.2 Å². The van der Waals surface area contributed by atoms with Gasteiger partial charge >= 0.3 is 0 Å². The van der Waals surface area contributed by atoms with E-state index in [2.05, 4.69) is 34.0 Å². The van der Waals surface area contributed by atoms with E-state index in [4.69, 9.17) is 4.74 Å². The van der Waals surface area contributed by atoms with Crippen molar-refractivity contribution in [3.8, 4) is 0 Å². The molecule has 1 aliphatic heterocycles. The Balaban J connectivity index is 1.71. The van der Waals surface area contributed by atoms with Crippen molar-refractivity contribution in [2.75, 3.05) is 39.4 Å². The van der Waals surface area contributed by atoms with Crippen molar-refractivity contribution in [2.24, 2.45) is 4.99 Å². The molecule has 6 nitrogen and oxygen atoms in total. The van der Waals surface area contributed by atoms with Gasteiger partial charge in [-0.05, 0) is 43.2 Å². The molecule has 0 atom stereocenters. The molecular weight excluding hydrogens is 348 g/mol. The van der Waals surface area contributed by atoms with Gasteiger partial charge in [0, 0.05) is 44.3 Å². The molecule has 1 aromatic rings. The number of hydrogen-bond donors (Lipinski definition) is 2. The highest BCUT2D eigenvalue weighted by Crippen LogP contribution is 2.23. The molecule has 7 heteroatoms. The summed E-state index contributed by atoms with van der Waals surface area (Å²) >= 11 is 1.79. The van der Waals surface area contributed by atoms with Crippen LogP contribution >= 0.6 is 11.3 Å². The standard InChI is InChI=1S/C19H32N4O2S/c1-3-5-11-25-12-6-9-21-19(20-4-2)22-14-18(24)23-10-7-17-16(15-23)8-13-26-17/h8,13H,3-7,9-12,14-15H2,1-2H3,(H2,20,21,22). The number of carbonyl (C=O) groups is 1. The number of ether oxygens (including phenoxy) is 1. The molecule has 0 saturated carbocycles. The van der Waals surface area contributed by atoms with E-state index in [1.165, 1.54) is 10.4 Å². The normalized spacial score (nSPS) is 14.2. The fraction of sp³-hybridized carbons (Fsp3) is 0.684. The average Bonchev–Trinajstić information content (AvgIpc) is 3.12. The number of fused-ring (bicyclic) bond motifs is 1. The number of hydrogen-bond acceptors (Lipinski definition) is 4. The highest BCUT2D eigenvalue weighted by atomic mass is 32.1. The minimum atomic E-state index is 0.0851. The second-order valence-electron chi connectivity index (χ2n) is 6.38. The van der Waals surface area contributed by atoms with E-state index in [-0.39, 0.29) is 12.5 Å². The van der Waals surface area contributed by atoms with E-state index in [1.807, 2.05) is 11.8 Å². The molecular formula is C19H32N4O2S. The van der Waals surface area contributed by atoms with Crippen molar-refractivity contribution in [3.05, 3.63) is 21.9 Å². The summed E-state index contributed by atoms with van der Waals surface area (Å²) in [7, 11) is 0. The number of rotatable bonds is 10. The van der Waals surface area contributed by atoms with Crippen LogP contribution in [0.3, 0.4) is 0 Å². The molecule has 0 radical (unpaired) electrons. The molecule has 0 saturated heterocycles. The molecule has 2 N–H and O–H groups in total. The van der Waals surface area contributed by atoms with Crippen molar-refractivity contribution in [2.45, 2.75) is 46.1 Å². The van der Waals surface area contributed by atoms with Gasteiger partial charge in [0.2, 0.25) is 5.91 Å². The summed E-state index contributed by atoms with van der Waals surface area (Å²) < 4.78 is 5.56. The third-order valence-electron chi connectivity index (χ3n) is 4.28. The maximum Gasteiger partial charge on any atom is 0.244 e. The first kappa shape index (κ1) is 20.7. The summed E-state index contributed by atoms with van der Waals surface area (Å²) in [4.78, 5) is 20.2. The number of nitrogens with zero attached hydrogens (tertiary/aromatic N) is 2. The van der Waals surface area contributed by atoms with E-state index in [9.17, 15) is 4.79 Å². The Kier molecular flexibility index (Phi) is 9.48. The van der Waals surface area contributed by atoms with Gasteiger partial charge in [0.1, 0.15) is 6.54 Å². The highest BCUT2D eigenvalue weighted by molar-refractivity contribution is 7.10. The molecule has 1 amide bonds. The number of aliphatic imine (C=N–C) groups is 1. The van der Waals surface area contributed by atoms with E-state index in [0.717, 1.165) is 58.5 Å². The highest BCUT2D eigenvalue weighted by Gasteiger charge is 2.21. The number of guanidine groups is 1. The average molecular weight is 381 g/mol. The number of thiophene rings is 1. The second-order valence-corrected chi connectivity index (χ2v) is 7.38. The summed E-state index contributed by atoms with van der Waals surface area (Å²) in [5, 5.41) is 8.57. The maximum absolute atomic E-state index is 12.5. The Morgan fingerprint density at radius 1 is 1.31 bits per heavy atom. The molecule has 1 aromatic heterocycles. The Morgan fingerprint density at radius 3 is 2.96 bits per heavy atom. The minimum absolute atomic E-state index is 0.0851. The lowest BCUT2D eigenvalue weighted by atomic mass is 10.1. The molecule has 0 spiro atoms. The van der Waals surface area contributed by atoms with Gasteiger partial charge in [-0.3, -0.25) is 4.79 Å². The lowest BCUT2D eigenvalue weighted by Gasteiger charge is -2.26. The van der Waals surface area contributed by atoms with E-state index >= 15 is 0 Å².